The first-order valence-corrected chi connectivity index (χ1v) is 7.84. The van der Waals surface area contributed by atoms with Crippen LogP contribution in [0, 0.1) is 5.95 Å². The molecule has 0 aliphatic heterocycles. The van der Waals surface area contributed by atoms with E-state index in [1.807, 2.05) is 0 Å². The van der Waals surface area contributed by atoms with Gasteiger partial charge in [0, 0.05) is 12.3 Å². The Balaban J connectivity index is 2.39. The fourth-order valence-electron chi connectivity index (χ4n) is 2.07. The van der Waals surface area contributed by atoms with Gasteiger partial charge in [0.15, 0.2) is 6.29 Å². The molecule has 26 heavy (non-hydrogen) atoms. The van der Waals surface area contributed by atoms with Crippen molar-refractivity contribution in [3.63, 3.8) is 0 Å². The van der Waals surface area contributed by atoms with Gasteiger partial charge in [-0.15, -0.1) is 0 Å². The monoisotopic (exact) mass is 361 g/mol. The second-order valence-electron chi connectivity index (χ2n) is 6.44. The van der Waals surface area contributed by atoms with E-state index in [4.69, 9.17) is 9.47 Å². The molecule has 0 unspecified atom stereocenters. The summed E-state index contributed by atoms with van der Waals surface area (Å²) in [6, 6.07) is 5.98. The summed E-state index contributed by atoms with van der Waals surface area (Å²) in [5.74, 6) is -0.557. The van der Waals surface area contributed by atoms with Crippen molar-refractivity contribution < 1.29 is 23.5 Å². The molecule has 0 spiro atoms. The van der Waals surface area contributed by atoms with Gasteiger partial charge in [-0.3, -0.25) is 9.69 Å². The zero-order valence-corrected chi connectivity index (χ0v) is 15.0. The molecule has 0 bridgehead atoms. The van der Waals surface area contributed by atoms with E-state index in [2.05, 4.69) is 9.97 Å². The van der Waals surface area contributed by atoms with Crippen LogP contribution in [0.3, 0.4) is 0 Å². The molecule has 0 radical (unpaired) electrons. The summed E-state index contributed by atoms with van der Waals surface area (Å²) in [5.41, 5.74) is -0.250. The van der Waals surface area contributed by atoms with Crippen LogP contribution in [-0.2, 0) is 11.3 Å². The van der Waals surface area contributed by atoms with Gasteiger partial charge in [0.25, 0.3) is 0 Å². The van der Waals surface area contributed by atoms with E-state index in [-0.39, 0.29) is 17.9 Å². The van der Waals surface area contributed by atoms with Crippen LogP contribution in [0.1, 0.15) is 36.7 Å². The topological polar surface area (TPSA) is 81.6 Å². The Kier molecular flexibility index (Phi) is 5.86. The number of ether oxygens (including phenoxy) is 2. The molecule has 8 heteroatoms. The number of methoxy groups -OCH3 is 1. The summed E-state index contributed by atoms with van der Waals surface area (Å²) in [6.45, 7) is 5.23. The number of pyridine rings is 2. The third-order valence-corrected chi connectivity index (χ3v) is 3.23. The molecule has 0 saturated carbocycles. The molecule has 0 atom stereocenters. The van der Waals surface area contributed by atoms with Crippen molar-refractivity contribution in [2.24, 2.45) is 0 Å². The van der Waals surface area contributed by atoms with E-state index in [9.17, 15) is 14.0 Å². The molecule has 0 aliphatic carbocycles. The van der Waals surface area contributed by atoms with Gasteiger partial charge in [0.2, 0.25) is 11.8 Å². The Morgan fingerprint density at radius 2 is 2.04 bits per heavy atom. The van der Waals surface area contributed by atoms with Gasteiger partial charge in [-0.1, -0.05) is 0 Å². The van der Waals surface area contributed by atoms with Crippen molar-refractivity contribution in [3.05, 3.63) is 47.5 Å². The van der Waals surface area contributed by atoms with Crippen LogP contribution in [0.2, 0.25) is 0 Å². The standard InChI is InChI=1S/C18H20FN3O4/c1-18(2,3)26-17(24)22(10-12-7-8-20-15(9-12)25-4)14-6-5-13(11-23)16(19)21-14/h5-9,11H,10H2,1-4H3. The maximum absolute atomic E-state index is 13.9. The lowest BCUT2D eigenvalue weighted by Crippen LogP contribution is -2.37. The van der Waals surface area contributed by atoms with Crippen LogP contribution >= 0.6 is 0 Å². The summed E-state index contributed by atoms with van der Waals surface area (Å²) >= 11 is 0. The number of anilines is 1. The van der Waals surface area contributed by atoms with Crippen LogP contribution < -0.4 is 9.64 Å². The average molecular weight is 361 g/mol. The highest BCUT2D eigenvalue weighted by Gasteiger charge is 2.25. The van der Waals surface area contributed by atoms with Gasteiger partial charge in [-0.25, -0.2) is 14.8 Å². The first-order chi connectivity index (χ1) is 12.2. The maximum Gasteiger partial charge on any atom is 0.416 e. The Bertz CT molecular complexity index is 805. The first-order valence-electron chi connectivity index (χ1n) is 7.84. The first kappa shape index (κ1) is 19.3. The minimum Gasteiger partial charge on any atom is -0.481 e. The smallest absolute Gasteiger partial charge is 0.416 e. The van der Waals surface area contributed by atoms with Crippen LogP contribution in [0.4, 0.5) is 15.0 Å². The molecular weight excluding hydrogens is 341 g/mol. The van der Waals surface area contributed by atoms with Crippen molar-refractivity contribution in [3.8, 4) is 5.88 Å². The van der Waals surface area contributed by atoms with Crippen molar-refractivity contribution in [2.75, 3.05) is 12.0 Å². The molecule has 0 saturated heterocycles. The van der Waals surface area contributed by atoms with Crippen LogP contribution in [-0.4, -0.2) is 35.1 Å². The molecule has 2 heterocycles. The van der Waals surface area contributed by atoms with E-state index in [0.717, 1.165) is 0 Å². The highest BCUT2D eigenvalue weighted by molar-refractivity contribution is 5.87. The lowest BCUT2D eigenvalue weighted by atomic mass is 10.2. The summed E-state index contributed by atoms with van der Waals surface area (Å²) < 4.78 is 24.4. The molecule has 2 aromatic heterocycles. The molecule has 0 aliphatic rings. The number of carbonyl (C=O) groups is 2. The number of aromatic nitrogens is 2. The predicted octanol–water partition coefficient (Wildman–Crippen LogP) is 3.38. The summed E-state index contributed by atoms with van der Waals surface area (Å²) in [6.07, 6.45) is 1.20. The minimum absolute atomic E-state index is 0.0260. The maximum atomic E-state index is 13.9. The predicted molar refractivity (Wildman–Crippen MR) is 92.8 cm³/mol. The zero-order chi connectivity index (χ0) is 19.3. The second kappa shape index (κ2) is 7.90. The quantitative estimate of drug-likeness (QED) is 0.600. The lowest BCUT2D eigenvalue weighted by molar-refractivity contribution is 0.0576. The molecule has 0 aromatic carbocycles. The van der Waals surface area contributed by atoms with E-state index < -0.39 is 17.6 Å². The Morgan fingerprint density at radius 1 is 1.31 bits per heavy atom. The number of aldehydes is 1. The molecule has 0 N–H and O–H groups in total. The van der Waals surface area contributed by atoms with Crippen LogP contribution in [0.15, 0.2) is 30.5 Å². The largest absolute Gasteiger partial charge is 0.481 e. The number of hydrogen-bond acceptors (Lipinski definition) is 6. The molecule has 2 aromatic rings. The molecular formula is C18H20FN3O4. The summed E-state index contributed by atoms with van der Waals surface area (Å²) in [7, 11) is 1.48. The van der Waals surface area contributed by atoms with E-state index in [1.54, 1.807) is 32.9 Å². The van der Waals surface area contributed by atoms with E-state index in [1.165, 1.54) is 30.3 Å². The van der Waals surface area contributed by atoms with Gasteiger partial charge >= 0.3 is 6.09 Å². The Labute approximate surface area is 150 Å². The second-order valence-corrected chi connectivity index (χ2v) is 6.44. The number of nitrogens with zero attached hydrogens (tertiary/aromatic N) is 3. The van der Waals surface area contributed by atoms with Crippen molar-refractivity contribution in [1.29, 1.82) is 0 Å². The van der Waals surface area contributed by atoms with Crippen molar-refractivity contribution in [1.82, 2.24) is 9.97 Å². The van der Waals surface area contributed by atoms with Crippen LogP contribution in [0.5, 0.6) is 5.88 Å². The third kappa shape index (κ3) is 4.98. The number of carbonyl (C=O) groups excluding carboxylic acids is 2. The lowest BCUT2D eigenvalue weighted by Gasteiger charge is -2.27. The molecule has 2 rings (SSSR count). The molecule has 1 amide bonds. The highest BCUT2D eigenvalue weighted by Crippen LogP contribution is 2.21. The minimum atomic E-state index is -0.960. The van der Waals surface area contributed by atoms with Gasteiger partial charge in [-0.05, 0) is 44.5 Å². The van der Waals surface area contributed by atoms with Crippen molar-refractivity contribution >= 4 is 18.2 Å². The number of halogens is 1. The fourth-order valence-corrected chi connectivity index (χ4v) is 2.07. The van der Waals surface area contributed by atoms with Gasteiger partial charge < -0.3 is 9.47 Å². The number of hydrogen-bond donors (Lipinski definition) is 0. The Morgan fingerprint density at radius 3 is 2.62 bits per heavy atom. The van der Waals surface area contributed by atoms with E-state index in [0.29, 0.717) is 17.7 Å². The number of amides is 1. The normalized spacial score (nSPS) is 11.0. The van der Waals surface area contributed by atoms with Gasteiger partial charge in [0.05, 0.1) is 19.2 Å². The zero-order valence-electron chi connectivity index (χ0n) is 15.0. The average Bonchev–Trinajstić information content (AvgIpc) is 2.58. The highest BCUT2D eigenvalue weighted by atomic mass is 19.1. The SMILES string of the molecule is COc1cc(CN(C(=O)OC(C)(C)C)c2ccc(C=O)c(F)n2)ccn1. The fraction of sp³-hybridized carbons (Fsp3) is 0.333. The summed E-state index contributed by atoms with van der Waals surface area (Å²) in [5, 5.41) is 0. The van der Waals surface area contributed by atoms with E-state index >= 15 is 0 Å². The molecule has 138 valence electrons. The van der Waals surface area contributed by atoms with Crippen LogP contribution in [0.25, 0.3) is 0 Å². The number of rotatable bonds is 5. The third-order valence-electron chi connectivity index (χ3n) is 3.23. The van der Waals surface area contributed by atoms with Gasteiger partial charge in [-0.2, -0.15) is 4.39 Å². The molecule has 0 fully saturated rings. The summed E-state index contributed by atoms with van der Waals surface area (Å²) in [4.78, 5) is 32.3. The van der Waals surface area contributed by atoms with Gasteiger partial charge in [0.1, 0.15) is 11.4 Å². The Hall–Kier alpha value is -3.03. The molecule has 7 nitrogen and oxygen atoms in total. The van der Waals surface area contributed by atoms with Crippen molar-refractivity contribution in [2.45, 2.75) is 32.9 Å².